The summed E-state index contributed by atoms with van der Waals surface area (Å²) >= 11 is 0. The van der Waals surface area contributed by atoms with Crippen LogP contribution in [0.15, 0.2) is 18.2 Å². The second kappa shape index (κ2) is 5.41. The molecule has 0 aliphatic carbocycles. The minimum Gasteiger partial charge on any atom is -0.496 e. The fourth-order valence-electron chi connectivity index (χ4n) is 1.78. The third-order valence-corrected chi connectivity index (χ3v) is 2.64. The van der Waals surface area contributed by atoms with E-state index in [-0.39, 0.29) is 12.7 Å². The van der Waals surface area contributed by atoms with Crippen LogP contribution >= 0.6 is 0 Å². The monoisotopic (exact) mass is 238 g/mol. The van der Waals surface area contributed by atoms with Gasteiger partial charge in [0.2, 0.25) is 0 Å². The fourth-order valence-corrected chi connectivity index (χ4v) is 1.78. The van der Waals surface area contributed by atoms with Crippen LogP contribution in [0.25, 0.3) is 0 Å². The molecule has 3 heteroatoms. The first-order valence-electron chi connectivity index (χ1n) is 5.87. The number of aliphatic hydroxyl groups is 1. The number of aliphatic hydroxyl groups excluding tert-OH is 1. The molecule has 1 N–H and O–H groups in total. The minimum absolute atomic E-state index is 0.0435. The molecular weight excluding hydrogens is 216 g/mol. The van der Waals surface area contributed by atoms with E-state index in [2.05, 4.69) is 0 Å². The van der Waals surface area contributed by atoms with Crippen LogP contribution in [-0.4, -0.2) is 24.9 Å². The molecule has 1 aromatic rings. The van der Waals surface area contributed by atoms with E-state index in [9.17, 15) is 5.11 Å². The van der Waals surface area contributed by atoms with Gasteiger partial charge in [0.15, 0.2) is 0 Å². The van der Waals surface area contributed by atoms with E-state index in [4.69, 9.17) is 9.47 Å². The lowest BCUT2D eigenvalue weighted by atomic mass is 9.84. The molecule has 1 aromatic carbocycles. The number of hydrogen-bond acceptors (Lipinski definition) is 3. The Morgan fingerprint density at radius 2 is 1.82 bits per heavy atom. The van der Waals surface area contributed by atoms with Crippen molar-refractivity contribution in [2.24, 2.45) is 0 Å². The lowest BCUT2D eigenvalue weighted by Crippen LogP contribution is -2.24. The zero-order valence-electron chi connectivity index (χ0n) is 11.3. The molecule has 96 valence electrons. The molecule has 0 unspecified atom stereocenters. The van der Waals surface area contributed by atoms with E-state index in [1.54, 1.807) is 7.11 Å². The van der Waals surface area contributed by atoms with Crippen LogP contribution < -0.4 is 9.47 Å². The zero-order valence-corrected chi connectivity index (χ0v) is 11.3. The SMILES string of the molecule is COc1cccc(OC(C)C)c1C(C)(C)CO. The highest BCUT2D eigenvalue weighted by Crippen LogP contribution is 2.39. The van der Waals surface area contributed by atoms with Gasteiger partial charge in [-0.1, -0.05) is 19.9 Å². The fraction of sp³-hybridized carbons (Fsp3) is 0.571. The maximum atomic E-state index is 9.51. The van der Waals surface area contributed by atoms with Gasteiger partial charge in [0.25, 0.3) is 0 Å². The summed E-state index contributed by atoms with van der Waals surface area (Å²) in [5.74, 6) is 1.53. The van der Waals surface area contributed by atoms with Crippen molar-refractivity contribution in [3.8, 4) is 11.5 Å². The van der Waals surface area contributed by atoms with E-state index in [0.717, 1.165) is 17.1 Å². The van der Waals surface area contributed by atoms with Gasteiger partial charge in [-0.3, -0.25) is 0 Å². The van der Waals surface area contributed by atoms with E-state index in [1.165, 1.54) is 0 Å². The van der Waals surface area contributed by atoms with Crippen molar-refractivity contribution in [2.45, 2.75) is 39.2 Å². The summed E-state index contributed by atoms with van der Waals surface area (Å²) in [5, 5.41) is 9.51. The third kappa shape index (κ3) is 3.13. The van der Waals surface area contributed by atoms with Crippen LogP contribution in [0.3, 0.4) is 0 Å². The van der Waals surface area contributed by atoms with Gasteiger partial charge in [-0.05, 0) is 26.0 Å². The van der Waals surface area contributed by atoms with Crippen LogP contribution in [-0.2, 0) is 5.41 Å². The highest BCUT2D eigenvalue weighted by Gasteiger charge is 2.28. The highest BCUT2D eigenvalue weighted by atomic mass is 16.5. The summed E-state index contributed by atoms with van der Waals surface area (Å²) in [5.41, 5.74) is 0.523. The lowest BCUT2D eigenvalue weighted by molar-refractivity contribution is 0.197. The van der Waals surface area contributed by atoms with Gasteiger partial charge in [0.05, 0.1) is 19.8 Å². The number of ether oxygens (including phenoxy) is 2. The molecule has 0 saturated heterocycles. The molecule has 0 aliphatic rings. The number of methoxy groups -OCH3 is 1. The maximum absolute atomic E-state index is 9.51. The van der Waals surface area contributed by atoms with Crippen LogP contribution in [0, 0.1) is 0 Å². The van der Waals surface area contributed by atoms with Crippen molar-refractivity contribution >= 4 is 0 Å². The average Bonchev–Trinajstić information content (AvgIpc) is 2.27. The predicted molar refractivity (Wildman–Crippen MR) is 68.9 cm³/mol. The van der Waals surface area contributed by atoms with E-state index < -0.39 is 5.41 Å². The van der Waals surface area contributed by atoms with Crippen molar-refractivity contribution < 1.29 is 14.6 Å². The van der Waals surface area contributed by atoms with Gasteiger partial charge in [0, 0.05) is 11.0 Å². The standard InChI is InChI=1S/C14H22O3/c1-10(2)17-12-8-6-7-11(16-5)13(12)14(3,4)9-15/h6-8,10,15H,9H2,1-5H3. The minimum atomic E-state index is -0.392. The predicted octanol–water partition coefficient (Wildman–Crippen LogP) is 2.75. The smallest absolute Gasteiger partial charge is 0.127 e. The molecule has 0 saturated carbocycles. The summed E-state index contributed by atoms with van der Waals surface area (Å²) in [6.45, 7) is 7.95. The van der Waals surface area contributed by atoms with Crippen molar-refractivity contribution in [2.75, 3.05) is 13.7 Å². The van der Waals surface area contributed by atoms with Crippen LogP contribution in [0.2, 0.25) is 0 Å². The second-order valence-electron chi connectivity index (χ2n) is 5.04. The summed E-state index contributed by atoms with van der Waals surface area (Å²) in [7, 11) is 1.63. The number of hydrogen-bond donors (Lipinski definition) is 1. The molecule has 0 atom stereocenters. The Hall–Kier alpha value is -1.22. The van der Waals surface area contributed by atoms with E-state index in [0.29, 0.717) is 0 Å². The van der Waals surface area contributed by atoms with Gasteiger partial charge in [-0.25, -0.2) is 0 Å². The molecule has 0 amide bonds. The largest absolute Gasteiger partial charge is 0.496 e. The first-order chi connectivity index (χ1) is 7.92. The zero-order chi connectivity index (χ0) is 13.1. The quantitative estimate of drug-likeness (QED) is 0.857. The molecule has 1 rings (SSSR count). The summed E-state index contributed by atoms with van der Waals surface area (Å²) < 4.78 is 11.1. The van der Waals surface area contributed by atoms with Gasteiger partial charge >= 0.3 is 0 Å². The molecule has 0 fully saturated rings. The molecule has 3 nitrogen and oxygen atoms in total. The molecule has 0 spiro atoms. The molecule has 0 heterocycles. The normalized spacial score (nSPS) is 11.7. The van der Waals surface area contributed by atoms with E-state index >= 15 is 0 Å². The highest BCUT2D eigenvalue weighted by molar-refractivity contribution is 5.49. The number of benzene rings is 1. The van der Waals surface area contributed by atoms with Crippen LogP contribution in [0.1, 0.15) is 33.3 Å². The van der Waals surface area contributed by atoms with Crippen LogP contribution in [0.5, 0.6) is 11.5 Å². The Morgan fingerprint density at radius 3 is 2.29 bits per heavy atom. The molecule has 0 bridgehead atoms. The molecule has 0 aliphatic heterocycles. The van der Waals surface area contributed by atoms with Crippen molar-refractivity contribution in [3.05, 3.63) is 23.8 Å². The average molecular weight is 238 g/mol. The van der Waals surface area contributed by atoms with E-state index in [1.807, 2.05) is 45.9 Å². The summed E-state index contributed by atoms with van der Waals surface area (Å²) in [6, 6.07) is 5.70. The summed E-state index contributed by atoms with van der Waals surface area (Å²) in [6.07, 6.45) is 0.0929. The molecule has 0 radical (unpaired) electrons. The first kappa shape index (κ1) is 13.8. The number of rotatable bonds is 5. The Labute approximate surface area is 103 Å². The van der Waals surface area contributed by atoms with Crippen molar-refractivity contribution in [1.29, 1.82) is 0 Å². The Bertz CT molecular complexity index is 370. The Morgan fingerprint density at radius 1 is 1.24 bits per heavy atom. The van der Waals surface area contributed by atoms with Crippen molar-refractivity contribution in [3.63, 3.8) is 0 Å². The lowest BCUT2D eigenvalue weighted by Gasteiger charge is -2.28. The topological polar surface area (TPSA) is 38.7 Å². The molecule has 0 aromatic heterocycles. The first-order valence-corrected chi connectivity index (χ1v) is 5.87. The van der Waals surface area contributed by atoms with Gasteiger partial charge in [-0.2, -0.15) is 0 Å². The third-order valence-electron chi connectivity index (χ3n) is 2.64. The summed E-state index contributed by atoms with van der Waals surface area (Å²) in [4.78, 5) is 0. The van der Waals surface area contributed by atoms with Crippen molar-refractivity contribution in [1.82, 2.24) is 0 Å². The van der Waals surface area contributed by atoms with Gasteiger partial charge in [-0.15, -0.1) is 0 Å². The Kier molecular flexibility index (Phi) is 4.40. The molecular formula is C14H22O3. The van der Waals surface area contributed by atoms with Gasteiger partial charge in [0.1, 0.15) is 11.5 Å². The Balaban J connectivity index is 3.30. The maximum Gasteiger partial charge on any atom is 0.127 e. The molecule has 17 heavy (non-hydrogen) atoms. The van der Waals surface area contributed by atoms with Crippen LogP contribution in [0.4, 0.5) is 0 Å². The second-order valence-corrected chi connectivity index (χ2v) is 5.04. The van der Waals surface area contributed by atoms with Gasteiger partial charge < -0.3 is 14.6 Å².